The van der Waals surface area contributed by atoms with Crippen molar-refractivity contribution in [3.05, 3.63) is 28.4 Å². The van der Waals surface area contributed by atoms with E-state index >= 15 is 0 Å². The van der Waals surface area contributed by atoms with Crippen LogP contribution in [0.2, 0.25) is 10.2 Å². The molecule has 0 saturated carbocycles. The molecule has 0 atom stereocenters. The molecule has 1 aromatic carbocycles. The number of aromatic hydroxyl groups is 1. The molecule has 2 aromatic rings. The highest BCUT2D eigenvalue weighted by Gasteiger charge is 2.07. The quantitative estimate of drug-likeness (QED) is 0.676. The van der Waals surface area contributed by atoms with E-state index in [1.165, 1.54) is 0 Å². The molecule has 0 fully saturated rings. The van der Waals surface area contributed by atoms with Gasteiger partial charge in [-0.15, -0.1) is 0 Å². The number of rotatable bonds is 0. The lowest BCUT2D eigenvalue weighted by atomic mass is 10.2. The fraction of sp³-hybridized carbons (Fsp3) is 0. The van der Waals surface area contributed by atoms with Crippen molar-refractivity contribution < 1.29 is 5.11 Å². The monoisotopic (exact) mass is 201 g/mol. The van der Waals surface area contributed by atoms with E-state index in [0.717, 1.165) is 5.52 Å². The number of hydrogen-bond acceptors (Lipinski definition) is 1. The molecule has 0 aliphatic rings. The average molecular weight is 202 g/mol. The molecule has 0 spiro atoms. The third-order valence-corrected chi connectivity index (χ3v) is 2.20. The normalized spacial score (nSPS) is 10.8. The summed E-state index contributed by atoms with van der Waals surface area (Å²) < 4.78 is 0. The van der Waals surface area contributed by atoms with E-state index in [2.05, 4.69) is 4.98 Å². The van der Waals surface area contributed by atoms with Crippen LogP contribution in [-0.2, 0) is 0 Å². The Kier molecular flexibility index (Phi) is 1.67. The Balaban J connectivity index is 2.87. The van der Waals surface area contributed by atoms with Crippen molar-refractivity contribution in [2.45, 2.75) is 0 Å². The molecule has 0 aliphatic heterocycles. The number of hydrogen-bond donors (Lipinski definition) is 2. The van der Waals surface area contributed by atoms with Gasteiger partial charge in [0.1, 0.15) is 5.15 Å². The third-order valence-electron chi connectivity index (χ3n) is 1.69. The lowest BCUT2D eigenvalue weighted by Gasteiger charge is -1.90. The summed E-state index contributed by atoms with van der Waals surface area (Å²) in [5.74, 6) is 0.0725. The van der Waals surface area contributed by atoms with E-state index in [9.17, 15) is 5.11 Å². The second-order valence-electron chi connectivity index (χ2n) is 2.48. The molecule has 0 amide bonds. The second-order valence-corrected chi connectivity index (χ2v) is 3.29. The summed E-state index contributed by atoms with van der Waals surface area (Å²) in [6, 6.07) is 5.13. The van der Waals surface area contributed by atoms with Crippen molar-refractivity contribution in [3.8, 4) is 5.75 Å². The van der Waals surface area contributed by atoms with Crippen molar-refractivity contribution in [1.82, 2.24) is 4.98 Å². The zero-order valence-electron chi connectivity index (χ0n) is 5.94. The van der Waals surface area contributed by atoms with Crippen molar-refractivity contribution in [2.75, 3.05) is 0 Å². The van der Waals surface area contributed by atoms with Gasteiger partial charge in [-0.1, -0.05) is 23.2 Å². The fourth-order valence-corrected chi connectivity index (χ4v) is 1.50. The summed E-state index contributed by atoms with van der Waals surface area (Å²) >= 11 is 11.4. The molecule has 1 heterocycles. The van der Waals surface area contributed by atoms with E-state index in [1.807, 2.05) is 0 Å². The number of fused-ring (bicyclic) bond motifs is 1. The maximum atomic E-state index is 9.38. The molecular formula is C8H5Cl2NO. The molecule has 2 nitrogen and oxygen atoms in total. The van der Waals surface area contributed by atoms with Gasteiger partial charge in [0.25, 0.3) is 0 Å². The lowest BCUT2D eigenvalue weighted by molar-refractivity contribution is 0.482. The summed E-state index contributed by atoms with van der Waals surface area (Å²) in [6.45, 7) is 0. The average Bonchev–Trinajstić information content (AvgIpc) is 2.28. The molecule has 0 saturated heterocycles. The minimum absolute atomic E-state index is 0.0725. The zero-order valence-corrected chi connectivity index (χ0v) is 7.45. The van der Waals surface area contributed by atoms with Crippen LogP contribution in [0.3, 0.4) is 0 Å². The number of H-pyrrole nitrogens is 1. The van der Waals surface area contributed by atoms with Crippen molar-refractivity contribution in [3.63, 3.8) is 0 Å². The van der Waals surface area contributed by atoms with Gasteiger partial charge in [-0.05, 0) is 18.2 Å². The predicted molar refractivity (Wildman–Crippen MR) is 50.0 cm³/mol. The molecule has 4 heteroatoms. The van der Waals surface area contributed by atoms with E-state index in [1.54, 1.807) is 18.2 Å². The van der Waals surface area contributed by atoms with Gasteiger partial charge < -0.3 is 10.1 Å². The first-order valence-corrected chi connectivity index (χ1v) is 4.10. The topological polar surface area (TPSA) is 36.0 Å². The van der Waals surface area contributed by atoms with E-state index in [-0.39, 0.29) is 10.9 Å². The molecule has 2 rings (SSSR count). The van der Waals surface area contributed by atoms with Gasteiger partial charge in [0.2, 0.25) is 0 Å². The van der Waals surface area contributed by atoms with Crippen LogP contribution in [0, 0.1) is 0 Å². The first-order chi connectivity index (χ1) is 5.68. The summed E-state index contributed by atoms with van der Waals surface area (Å²) in [7, 11) is 0. The maximum Gasteiger partial charge on any atom is 0.160 e. The summed E-state index contributed by atoms with van der Waals surface area (Å²) in [5.41, 5.74) is 0.741. The van der Waals surface area contributed by atoms with Crippen LogP contribution in [0.15, 0.2) is 18.2 Å². The first-order valence-electron chi connectivity index (χ1n) is 3.34. The molecule has 0 aliphatic carbocycles. The third kappa shape index (κ3) is 1.04. The highest BCUT2D eigenvalue weighted by molar-refractivity contribution is 6.33. The van der Waals surface area contributed by atoms with Gasteiger partial charge in [0.15, 0.2) is 5.75 Å². The fourth-order valence-electron chi connectivity index (χ4n) is 1.12. The SMILES string of the molecule is Oc1c(Cl)[nH]c2cc(Cl)ccc12. The van der Waals surface area contributed by atoms with Crippen molar-refractivity contribution in [2.24, 2.45) is 0 Å². The zero-order chi connectivity index (χ0) is 8.72. The van der Waals surface area contributed by atoms with Crippen molar-refractivity contribution in [1.29, 1.82) is 0 Å². The van der Waals surface area contributed by atoms with Crippen LogP contribution >= 0.6 is 23.2 Å². The number of halogens is 2. The summed E-state index contributed by atoms with van der Waals surface area (Å²) in [5, 5.41) is 10.9. The predicted octanol–water partition coefficient (Wildman–Crippen LogP) is 3.18. The summed E-state index contributed by atoms with van der Waals surface area (Å²) in [6.07, 6.45) is 0. The molecular weight excluding hydrogens is 197 g/mol. The Labute approximate surface area is 78.7 Å². The molecule has 2 N–H and O–H groups in total. The van der Waals surface area contributed by atoms with Gasteiger partial charge in [-0.2, -0.15) is 0 Å². The van der Waals surface area contributed by atoms with Gasteiger partial charge in [-0.25, -0.2) is 0 Å². The van der Waals surface area contributed by atoms with Crippen LogP contribution in [0.4, 0.5) is 0 Å². The number of aromatic nitrogens is 1. The molecule has 0 unspecified atom stereocenters. The Morgan fingerprint density at radius 2 is 2.00 bits per heavy atom. The molecule has 1 aromatic heterocycles. The van der Waals surface area contributed by atoms with E-state index in [4.69, 9.17) is 23.2 Å². The second kappa shape index (κ2) is 2.57. The number of benzene rings is 1. The smallest absolute Gasteiger partial charge is 0.160 e. The van der Waals surface area contributed by atoms with E-state index < -0.39 is 0 Å². The minimum atomic E-state index is 0.0725. The van der Waals surface area contributed by atoms with Gasteiger partial charge in [0, 0.05) is 10.4 Å². The highest BCUT2D eigenvalue weighted by Crippen LogP contribution is 2.33. The largest absolute Gasteiger partial charge is 0.504 e. The number of nitrogens with one attached hydrogen (secondary N) is 1. The Bertz CT molecular complexity index is 436. The Hall–Kier alpha value is -0.860. The van der Waals surface area contributed by atoms with Crippen LogP contribution in [0.5, 0.6) is 5.75 Å². The van der Waals surface area contributed by atoms with Crippen molar-refractivity contribution >= 4 is 34.1 Å². The Morgan fingerprint density at radius 3 is 2.75 bits per heavy atom. The lowest BCUT2D eigenvalue weighted by Crippen LogP contribution is -1.66. The minimum Gasteiger partial charge on any atom is -0.504 e. The maximum absolute atomic E-state index is 9.38. The van der Waals surface area contributed by atoms with Gasteiger partial charge in [-0.3, -0.25) is 0 Å². The van der Waals surface area contributed by atoms with Crippen LogP contribution in [-0.4, -0.2) is 10.1 Å². The molecule has 62 valence electrons. The van der Waals surface area contributed by atoms with E-state index in [0.29, 0.717) is 10.4 Å². The standard InChI is InChI=1S/C8H5Cl2NO/c9-4-1-2-5-6(3-4)11-8(10)7(5)12/h1-3,11-12H. The summed E-state index contributed by atoms with van der Waals surface area (Å²) in [4.78, 5) is 2.80. The molecule has 12 heavy (non-hydrogen) atoms. The number of aromatic amines is 1. The molecule has 0 radical (unpaired) electrons. The van der Waals surface area contributed by atoms with Gasteiger partial charge in [0.05, 0.1) is 5.52 Å². The van der Waals surface area contributed by atoms with Crippen LogP contribution in [0.25, 0.3) is 10.9 Å². The first kappa shape index (κ1) is 7.77. The Morgan fingerprint density at radius 1 is 1.25 bits per heavy atom. The highest BCUT2D eigenvalue weighted by atomic mass is 35.5. The van der Waals surface area contributed by atoms with Crippen LogP contribution < -0.4 is 0 Å². The molecule has 0 bridgehead atoms. The van der Waals surface area contributed by atoms with Gasteiger partial charge >= 0.3 is 0 Å². The van der Waals surface area contributed by atoms with Crippen LogP contribution in [0.1, 0.15) is 0 Å².